The van der Waals surface area contributed by atoms with Gasteiger partial charge in [-0.1, -0.05) is 91.0 Å². The average molecular weight is 783 g/mol. The van der Waals surface area contributed by atoms with E-state index in [2.05, 4.69) is 63.9 Å². The second-order valence-electron chi connectivity index (χ2n) is 13.9. The molecule has 0 saturated heterocycles. The molecule has 0 spiro atoms. The predicted molar refractivity (Wildman–Crippen MR) is 239 cm³/mol. The van der Waals surface area contributed by atoms with Crippen LogP contribution in [0.5, 0.6) is 17.2 Å². The van der Waals surface area contributed by atoms with Crippen molar-refractivity contribution >= 4 is 34.1 Å². The zero-order chi connectivity index (χ0) is 40.8. The minimum Gasteiger partial charge on any atom is -0.497 e. The van der Waals surface area contributed by atoms with Crippen molar-refractivity contribution in [2.45, 2.75) is 0 Å². The summed E-state index contributed by atoms with van der Waals surface area (Å²) in [6.07, 6.45) is 0. The number of methoxy groups -OCH3 is 3. The second-order valence-corrected chi connectivity index (χ2v) is 13.9. The van der Waals surface area contributed by atoms with Crippen molar-refractivity contribution < 1.29 is 14.2 Å². The van der Waals surface area contributed by atoms with Crippen LogP contribution in [0.3, 0.4) is 0 Å². The van der Waals surface area contributed by atoms with Crippen LogP contribution in [0, 0.1) is 0 Å². The Bertz CT molecular complexity index is 2940. The molecule has 0 bridgehead atoms. The van der Waals surface area contributed by atoms with Crippen LogP contribution in [0.1, 0.15) is 0 Å². The molecule has 9 nitrogen and oxygen atoms in total. The first kappa shape index (κ1) is 37.5. The van der Waals surface area contributed by atoms with Gasteiger partial charge < -0.3 is 14.2 Å². The molecule has 0 saturated carbocycles. The zero-order valence-corrected chi connectivity index (χ0v) is 33.2. The van der Waals surface area contributed by atoms with Gasteiger partial charge in [-0.05, 0) is 118 Å². The highest BCUT2D eigenvalue weighted by atomic mass is 16.5. The normalized spacial score (nSPS) is 11.7. The fourth-order valence-electron chi connectivity index (χ4n) is 7.41. The number of benzene rings is 3. The van der Waals surface area contributed by atoms with Crippen molar-refractivity contribution in [3.05, 3.63) is 176 Å². The first-order valence-electron chi connectivity index (χ1n) is 19.4. The summed E-state index contributed by atoms with van der Waals surface area (Å²) < 4.78 is 16.5. The second kappa shape index (κ2) is 16.8. The first-order valence-corrected chi connectivity index (χ1v) is 19.4. The number of hydrogen-bond acceptors (Lipinski definition) is 9. The monoisotopic (exact) mass is 782 g/mol. The van der Waals surface area contributed by atoms with E-state index in [4.69, 9.17) is 29.6 Å². The Morgan fingerprint density at radius 1 is 0.267 bits per heavy atom. The quantitative estimate of drug-likeness (QED) is 0.122. The fourth-order valence-corrected chi connectivity index (χ4v) is 7.41. The molecule has 9 rings (SSSR count). The van der Waals surface area contributed by atoms with E-state index in [-0.39, 0.29) is 0 Å². The number of ether oxygens (including phenoxy) is 3. The molecule has 290 valence electrons. The van der Waals surface area contributed by atoms with E-state index in [1.54, 1.807) is 21.3 Å². The van der Waals surface area contributed by atoms with E-state index >= 15 is 0 Å². The van der Waals surface area contributed by atoms with Crippen LogP contribution in [-0.2, 0) is 0 Å². The summed E-state index contributed by atoms with van der Waals surface area (Å²) in [7, 11) is 4.96. The molecule has 0 atom stereocenters. The van der Waals surface area contributed by atoms with Crippen LogP contribution < -0.4 is 14.2 Å². The van der Waals surface area contributed by atoms with E-state index in [1.165, 1.54) is 0 Å². The predicted octanol–water partition coefficient (Wildman–Crippen LogP) is 15.6. The molecular weight excluding hydrogens is 745 g/mol. The lowest BCUT2D eigenvalue weighted by atomic mass is 10.0. The van der Waals surface area contributed by atoms with Gasteiger partial charge in [0.25, 0.3) is 0 Å². The number of hydrogen-bond donors (Lipinski definition) is 0. The minimum absolute atomic E-state index is 0.671. The molecule has 9 heteroatoms. The summed E-state index contributed by atoms with van der Waals surface area (Å²) in [4.78, 5) is 0. The minimum atomic E-state index is 0.671. The maximum Gasteiger partial charge on any atom is 0.126 e. The molecule has 0 heterocycles. The highest BCUT2D eigenvalue weighted by Crippen LogP contribution is 2.51. The van der Waals surface area contributed by atoms with Gasteiger partial charge in [-0.2, -0.15) is 15.3 Å². The fraction of sp³-hybridized carbons (Fsp3) is 0.0588. The maximum atomic E-state index is 5.91. The third kappa shape index (κ3) is 7.55. The van der Waals surface area contributed by atoms with Crippen LogP contribution in [0.15, 0.2) is 207 Å². The molecule has 6 aliphatic rings. The standard InChI is InChI=1S/C51H38N6O3/c1-58-36-24-19-33(20-25-36)52-55-48-30-44(38-13-7-4-10-16-41(38)48)45-31-49(42-17-11-5-8-14-39(42)45)57-54-35-23-28-51(60-3)47(29-35)46-32-50(43-18-12-6-9-15-40(43)46)56-53-34-21-26-37(59-2)27-22-34/h4-32H,1-3H3. The van der Waals surface area contributed by atoms with Crippen LogP contribution in [-0.4, -0.2) is 21.3 Å². The molecule has 60 heavy (non-hydrogen) atoms. The van der Waals surface area contributed by atoms with Gasteiger partial charge in [0.15, 0.2) is 0 Å². The van der Waals surface area contributed by atoms with Crippen LogP contribution >= 0.6 is 0 Å². The molecule has 3 aromatic carbocycles. The molecule has 0 N–H and O–H groups in total. The summed E-state index contributed by atoms with van der Waals surface area (Å²) in [6, 6.07) is 57.9. The SMILES string of the molecule is COc1ccc(N=Nc2cc(-c3cc(N=Nc4cc(-c5cc(N=Nc6ccc(OC)cc6)c6cccccc5-6)c5cccccc4-5)ccc3OC)c3cccccc2-3)cc1. The molecule has 0 fully saturated rings. The largest absolute Gasteiger partial charge is 0.497 e. The van der Waals surface area contributed by atoms with Gasteiger partial charge in [0.2, 0.25) is 0 Å². The first-order chi connectivity index (χ1) is 29.6. The van der Waals surface area contributed by atoms with Crippen molar-refractivity contribution in [1.82, 2.24) is 0 Å². The van der Waals surface area contributed by atoms with Crippen molar-refractivity contribution in [2.24, 2.45) is 30.7 Å². The van der Waals surface area contributed by atoms with E-state index in [0.29, 0.717) is 11.4 Å². The smallest absolute Gasteiger partial charge is 0.126 e. The Morgan fingerprint density at radius 3 is 1.00 bits per heavy atom. The lowest BCUT2D eigenvalue weighted by molar-refractivity contribution is 0.414. The number of nitrogens with zero attached hydrogens (tertiary/aromatic N) is 6. The molecule has 0 radical (unpaired) electrons. The highest BCUT2D eigenvalue weighted by Gasteiger charge is 2.23. The Morgan fingerprint density at radius 2 is 0.617 bits per heavy atom. The lowest BCUT2D eigenvalue weighted by Crippen LogP contribution is -1.87. The van der Waals surface area contributed by atoms with Crippen molar-refractivity contribution in [1.29, 1.82) is 0 Å². The van der Waals surface area contributed by atoms with Crippen molar-refractivity contribution in [2.75, 3.05) is 21.3 Å². The zero-order valence-electron chi connectivity index (χ0n) is 33.2. The summed E-state index contributed by atoms with van der Waals surface area (Å²) in [5.74, 6) is 2.23. The van der Waals surface area contributed by atoms with E-state index in [9.17, 15) is 0 Å². The van der Waals surface area contributed by atoms with Gasteiger partial charge in [0.1, 0.15) is 17.2 Å². The number of rotatable bonds is 11. The lowest BCUT2D eigenvalue weighted by Gasteiger charge is -2.09. The van der Waals surface area contributed by atoms with Crippen LogP contribution in [0.4, 0.5) is 34.1 Å². The number of azo groups is 3. The summed E-state index contributed by atoms with van der Waals surface area (Å²) in [5.41, 5.74) is 14.3. The highest BCUT2D eigenvalue weighted by molar-refractivity contribution is 6.02. The van der Waals surface area contributed by atoms with Gasteiger partial charge >= 0.3 is 0 Å². The Balaban J connectivity index is 1.09. The van der Waals surface area contributed by atoms with Gasteiger partial charge in [-0.15, -0.1) is 15.3 Å². The summed E-state index contributed by atoms with van der Waals surface area (Å²) in [6.45, 7) is 0. The molecule has 3 aromatic rings. The summed E-state index contributed by atoms with van der Waals surface area (Å²) in [5, 5.41) is 28.3. The Hall–Kier alpha value is -8.04. The Kier molecular flexibility index (Phi) is 10.5. The maximum absolute atomic E-state index is 5.91. The van der Waals surface area contributed by atoms with Crippen molar-refractivity contribution in [3.63, 3.8) is 0 Å². The van der Waals surface area contributed by atoms with Gasteiger partial charge in [0.05, 0.1) is 55.5 Å². The van der Waals surface area contributed by atoms with Crippen LogP contribution in [0.2, 0.25) is 0 Å². The molecule has 0 aliphatic heterocycles. The topological polar surface area (TPSA) is 102 Å². The van der Waals surface area contributed by atoms with Crippen LogP contribution in [0.25, 0.3) is 55.6 Å². The Labute approximate surface area is 348 Å². The average Bonchev–Trinajstić information content (AvgIpc) is 3.62. The van der Waals surface area contributed by atoms with E-state index in [0.717, 1.165) is 95.6 Å². The van der Waals surface area contributed by atoms with Gasteiger partial charge in [0, 0.05) is 22.3 Å². The molecule has 0 amide bonds. The molecule has 6 aliphatic carbocycles. The molecule has 0 aromatic heterocycles. The summed E-state index contributed by atoms with van der Waals surface area (Å²) >= 11 is 0. The molecule has 0 unspecified atom stereocenters. The van der Waals surface area contributed by atoms with Crippen molar-refractivity contribution in [3.8, 4) is 72.9 Å². The van der Waals surface area contributed by atoms with E-state index < -0.39 is 0 Å². The number of fused-ring (bicyclic) bond motifs is 3. The van der Waals surface area contributed by atoms with Gasteiger partial charge in [-0.25, -0.2) is 0 Å². The van der Waals surface area contributed by atoms with Gasteiger partial charge in [-0.3, -0.25) is 0 Å². The van der Waals surface area contributed by atoms with E-state index in [1.807, 2.05) is 127 Å². The third-order valence-corrected chi connectivity index (χ3v) is 10.4. The third-order valence-electron chi connectivity index (χ3n) is 10.4. The molecular formula is C51H38N6O3.